The lowest BCUT2D eigenvalue weighted by Gasteiger charge is -1.80. The molecule has 0 atom stereocenters. The van der Waals surface area contributed by atoms with Crippen LogP contribution in [0, 0.1) is 5.41 Å². The van der Waals surface area contributed by atoms with Crippen LogP contribution in [0.15, 0.2) is 4.99 Å². The van der Waals surface area contributed by atoms with Gasteiger partial charge in [-0.25, -0.2) is 0 Å². The van der Waals surface area contributed by atoms with Gasteiger partial charge < -0.3 is 10.1 Å². The Morgan fingerprint density at radius 1 is 1.86 bits per heavy atom. The summed E-state index contributed by atoms with van der Waals surface area (Å²) in [4.78, 5) is 3.62. The van der Waals surface area contributed by atoms with Gasteiger partial charge in [0.25, 0.3) is 0 Å². The van der Waals surface area contributed by atoms with Gasteiger partial charge in [-0.1, -0.05) is 0 Å². The highest BCUT2D eigenvalue weighted by Crippen LogP contribution is 1.59. The van der Waals surface area contributed by atoms with Gasteiger partial charge in [0, 0.05) is 6.21 Å². The molecule has 0 aliphatic heterocycles. The van der Waals surface area contributed by atoms with Gasteiger partial charge in [0.15, 0.2) is 6.40 Å². The van der Waals surface area contributed by atoms with Crippen molar-refractivity contribution in [2.24, 2.45) is 4.99 Å². The summed E-state index contributed by atoms with van der Waals surface area (Å²) in [6.45, 7) is 0.411. The van der Waals surface area contributed by atoms with Crippen LogP contribution in [0.3, 0.4) is 0 Å². The van der Waals surface area contributed by atoms with Crippen LogP contribution in [0.4, 0.5) is 0 Å². The summed E-state index contributed by atoms with van der Waals surface area (Å²) in [6.07, 6.45) is 2.51. The van der Waals surface area contributed by atoms with Gasteiger partial charge in [0.2, 0.25) is 0 Å². The van der Waals surface area contributed by atoms with E-state index in [0.29, 0.717) is 6.54 Å². The molecule has 7 heavy (non-hydrogen) atoms. The van der Waals surface area contributed by atoms with E-state index in [1.54, 1.807) is 0 Å². The van der Waals surface area contributed by atoms with Crippen LogP contribution < -0.4 is 0 Å². The number of rotatable bonds is 3. The van der Waals surface area contributed by atoms with Gasteiger partial charge in [-0.2, -0.15) is 0 Å². The molecule has 3 nitrogen and oxygen atoms in total. The van der Waals surface area contributed by atoms with Crippen molar-refractivity contribution in [1.29, 1.82) is 5.41 Å². The lowest BCUT2D eigenvalue weighted by molar-refractivity contribution is 0.422. The minimum atomic E-state index is 0.411. The number of nitrogens with zero attached hydrogens (tertiary/aromatic N) is 1. The lowest BCUT2D eigenvalue weighted by Crippen LogP contribution is -1.81. The van der Waals surface area contributed by atoms with E-state index in [4.69, 9.17) is 5.41 Å². The average Bonchev–Trinajstić information content (AvgIpc) is 1.69. The van der Waals surface area contributed by atoms with Gasteiger partial charge in [0.1, 0.15) is 0 Å². The third kappa shape index (κ3) is 5.14. The molecule has 0 aliphatic rings. The molecule has 1 N–H and O–H groups in total. The molecule has 0 heterocycles. The molecule has 0 rings (SSSR count). The molecule has 0 aromatic heterocycles. The van der Waals surface area contributed by atoms with E-state index in [2.05, 4.69) is 9.73 Å². The standard InChI is InChI=1S/C4H8N2O/c1-7-4-6-3-2-5/h2,4-5H,3H2,1H3. The van der Waals surface area contributed by atoms with Crippen LogP contribution in [0.2, 0.25) is 0 Å². The Hall–Kier alpha value is -0.860. The first-order valence-electron chi connectivity index (χ1n) is 1.92. The number of hydrogen-bond donors (Lipinski definition) is 1. The average molecular weight is 100 g/mol. The summed E-state index contributed by atoms with van der Waals surface area (Å²) in [5.74, 6) is 0. The van der Waals surface area contributed by atoms with E-state index in [1.165, 1.54) is 19.7 Å². The molecule has 0 saturated carbocycles. The van der Waals surface area contributed by atoms with E-state index in [1.807, 2.05) is 0 Å². The fourth-order valence-corrected chi connectivity index (χ4v) is 0.170. The van der Waals surface area contributed by atoms with E-state index in [0.717, 1.165) is 0 Å². The van der Waals surface area contributed by atoms with Crippen molar-refractivity contribution in [3.8, 4) is 0 Å². The first-order valence-corrected chi connectivity index (χ1v) is 1.92. The summed E-state index contributed by atoms with van der Waals surface area (Å²) in [7, 11) is 1.52. The maximum absolute atomic E-state index is 6.49. The van der Waals surface area contributed by atoms with E-state index in [9.17, 15) is 0 Å². The Balaban J connectivity index is 2.92. The fraction of sp³-hybridized carbons (Fsp3) is 0.500. The predicted molar refractivity (Wildman–Crippen MR) is 29.2 cm³/mol. The molecule has 0 aromatic rings. The van der Waals surface area contributed by atoms with E-state index >= 15 is 0 Å². The second kappa shape index (κ2) is 5.14. The van der Waals surface area contributed by atoms with Gasteiger partial charge in [0.05, 0.1) is 13.7 Å². The zero-order valence-corrected chi connectivity index (χ0v) is 4.22. The zero-order valence-electron chi connectivity index (χ0n) is 4.22. The second-order valence-corrected chi connectivity index (χ2v) is 0.910. The van der Waals surface area contributed by atoms with Crippen molar-refractivity contribution in [3.63, 3.8) is 0 Å². The van der Waals surface area contributed by atoms with Gasteiger partial charge in [-0.15, -0.1) is 0 Å². The van der Waals surface area contributed by atoms with Gasteiger partial charge in [-0.3, -0.25) is 4.99 Å². The van der Waals surface area contributed by atoms with Crippen molar-refractivity contribution in [1.82, 2.24) is 0 Å². The molecular weight excluding hydrogens is 92.1 g/mol. The van der Waals surface area contributed by atoms with Crippen LogP contribution in [0.25, 0.3) is 0 Å². The Morgan fingerprint density at radius 3 is 3.00 bits per heavy atom. The van der Waals surface area contributed by atoms with Crippen LogP contribution in [-0.4, -0.2) is 26.3 Å². The van der Waals surface area contributed by atoms with Crippen LogP contribution >= 0.6 is 0 Å². The highest BCUT2D eigenvalue weighted by Gasteiger charge is 1.63. The molecule has 3 heteroatoms. The van der Waals surface area contributed by atoms with Crippen LogP contribution in [0.1, 0.15) is 0 Å². The Bertz CT molecular complexity index is 70.1. The molecule has 0 spiro atoms. The fourth-order valence-electron chi connectivity index (χ4n) is 0.170. The smallest absolute Gasteiger partial charge is 0.169 e. The maximum atomic E-state index is 6.49. The highest BCUT2D eigenvalue weighted by atomic mass is 16.5. The Labute approximate surface area is 42.5 Å². The number of methoxy groups -OCH3 is 1. The summed E-state index contributed by atoms with van der Waals surface area (Å²) in [5.41, 5.74) is 0. The quantitative estimate of drug-likeness (QED) is 0.402. The minimum Gasteiger partial charge on any atom is -0.487 e. The number of hydrogen-bond acceptors (Lipinski definition) is 3. The molecule has 0 saturated heterocycles. The molecule has 0 fully saturated rings. The van der Waals surface area contributed by atoms with Crippen molar-refractivity contribution in [3.05, 3.63) is 0 Å². The van der Waals surface area contributed by atoms with Gasteiger partial charge >= 0.3 is 0 Å². The summed E-state index contributed by atoms with van der Waals surface area (Å²) in [5, 5.41) is 6.49. The Morgan fingerprint density at radius 2 is 2.57 bits per heavy atom. The third-order valence-corrected chi connectivity index (χ3v) is 0.377. The molecule has 40 valence electrons. The molecular formula is C4H8N2O. The molecule has 0 bridgehead atoms. The number of aliphatic imine (C=N–C) groups is 1. The first-order chi connectivity index (χ1) is 3.41. The number of nitrogens with one attached hydrogen (secondary N) is 1. The summed E-state index contributed by atoms with van der Waals surface area (Å²) < 4.78 is 4.45. The van der Waals surface area contributed by atoms with Crippen LogP contribution in [0.5, 0.6) is 0 Å². The summed E-state index contributed by atoms with van der Waals surface area (Å²) in [6, 6.07) is 0. The molecule has 0 unspecified atom stereocenters. The second-order valence-electron chi connectivity index (χ2n) is 0.910. The van der Waals surface area contributed by atoms with Crippen molar-refractivity contribution < 1.29 is 4.74 Å². The van der Waals surface area contributed by atoms with Crippen molar-refractivity contribution in [2.45, 2.75) is 0 Å². The highest BCUT2D eigenvalue weighted by molar-refractivity contribution is 5.59. The van der Waals surface area contributed by atoms with Crippen molar-refractivity contribution >= 4 is 12.6 Å². The molecule has 0 radical (unpaired) electrons. The molecule has 0 aliphatic carbocycles. The largest absolute Gasteiger partial charge is 0.487 e. The monoisotopic (exact) mass is 100 g/mol. The summed E-state index contributed by atoms with van der Waals surface area (Å²) >= 11 is 0. The van der Waals surface area contributed by atoms with E-state index in [-0.39, 0.29) is 0 Å². The van der Waals surface area contributed by atoms with Gasteiger partial charge in [-0.05, 0) is 0 Å². The van der Waals surface area contributed by atoms with E-state index < -0.39 is 0 Å². The third-order valence-electron chi connectivity index (χ3n) is 0.377. The lowest BCUT2D eigenvalue weighted by atomic mass is 10.7. The van der Waals surface area contributed by atoms with Crippen molar-refractivity contribution in [2.75, 3.05) is 13.7 Å². The minimum absolute atomic E-state index is 0.411. The molecule has 0 amide bonds. The predicted octanol–water partition coefficient (Wildman–Crippen LogP) is 0.311. The SMILES string of the molecule is COC=NCC=N. The first kappa shape index (κ1) is 6.14. The number of ether oxygens (including phenoxy) is 1. The molecule has 0 aromatic carbocycles. The normalized spacial score (nSPS) is 9.29. The maximum Gasteiger partial charge on any atom is 0.169 e. The zero-order chi connectivity index (χ0) is 5.54. The Kier molecular flexibility index (Phi) is 4.51. The topological polar surface area (TPSA) is 45.4 Å². The van der Waals surface area contributed by atoms with Crippen LogP contribution in [-0.2, 0) is 4.74 Å².